The molecule has 9 rings (SSSR count). The lowest BCUT2D eigenvalue weighted by Crippen LogP contribution is -2.02. The molecule has 6 heteroatoms. The minimum absolute atomic E-state index is 0.504. The number of aromatic nitrogens is 3. The van der Waals surface area contributed by atoms with Crippen LogP contribution in [-0.2, 0) is 0 Å². The average molecular weight is 570 g/mol. The lowest BCUT2D eigenvalue weighted by atomic mass is 9.99. The van der Waals surface area contributed by atoms with E-state index in [1.807, 2.05) is 104 Å². The van der Waals surface area contributed by atoms with Crippen molar-refractivity contribution in [3.63, 3.8) is 0 Å². The molecule has 0 amide bonds. The summed E-state index contributed by atoms with van der Waals surface area (Å²) in [6.07, 6.45) is 3.83. The van der Waals surface area contributed by atoms with Gasteiger partial charge in [0.15, 0.2) is 17.5 Å². The lowest BCUT2D eigenvalue weighted by Gasteiger charge is -2.09. The number of furan rings is 3. The van der Waals surface area contributed by atoms with Crippen molar-refractivity contribution in [3.8, 4) is 22.8 Å². The van der Waals surface area contributed by atoms with Crippen LogP contribution in [-0.4, -0.2) is 15.0 Å². The molecular formula is C38H23N3O3. The van der Waals surface area contributed by atoms with Crippen LogP contribution >= 0.6 is 0 Å². The normalized spacial score (nSPS) is 12.2. The van der Waals surface area contributed by atoms with E-state index in [-0.39, 0.29) is 0 Å². The quantitative estimate of drug-likeness (QED) is 0.196. The van der Waals surface area contributed by atoms with Crippen molar-refractivity contribution in [3.05, 3.63) is 122 Å². The van der Waals surface area contributed by atoms with Crippen LogP contribution in [0, 0.1) is 0 Å². The van der Waals surface area contributed by atoms with E-state index in [9.17, 15) is 0 Å². The topological polar surface area (TPSA) is 78.1 Å². The molecule has 9 aromatic rings. The number of hydrogen-bond donors (Lipinski definition) is 0. The van der Waals surface area contributed by atoms with Crippen molar-refractivity contribution in [2.75, 3.05) is 0 Å². The van der Waals surface area contributed by atoms with E-state index in [1.165, 1.54) is 0 Å². The fourth-order valence-corrected chi connectivity index (χ4v) is 6.25. The maximum atomic E-state index is 6.67. The van der Waals surface area contributed by atoms with Crippen LogP contribution in [0.4, 0.5) is 0 Å². The van der Waals surface area contributed by atoms with Crippen molar-refractivity contribution in [2.45, 2.75) is 6.92 Å². The number of para-hydroxylation sites is 2. The molecule has 0 aliphatic rings. The SMILES string of the molecule is C=C(/C=C\C)c1nc(-c2ccccc2)nc(-c2cc3oc4ccc5oc6ccccc6c5c4c3c3oc4ccccc4c23)n1. The molecule has 0 radical (unpaired) electrons. The van der Waals surface area contributed by atoms with Gasteiger partial charge < -0.3 is 13.3 Å². The number of nitrogens with zero attached hydrogens (tertiary/aromatic N) is 3. The minimum Gasteiger partial charge on any atom is -0.456 e. The lowest BCUT2D eigenvalue weighted by molar-refractivity contribution is 0.660. The smallest absolute Gasteiger partial charge is 0.165 e. The fraction of sp³-hybridized carbons (Fsp3) is 0.0263. The average Bonchev–Trinajstić information content (AvgIpc) is 3.75. The number of fused-ring (bicyclic) bond motifs is 11. The van der Waals surface area contributed by atoms with Gasteiger partial charge in [-0.1, -0.05) is 85.5 Å². The molecule has 0 N–H and O–H groups in total. The summed E-state index contributed by atoms with van der Waals surface area (Å²) < 4.78 is 19.5. The van der Waals surface area contributed by atoms with E-state index in [1.54, 1.807) is 0 Å². The first-order valence-electron chi connectivity index (χ1n) is 14.4. The second-order valence-electron chi connectivity index (χ2n) is 10.8. The van der Waals surface area contributed by atoms with E-state index in [2.05, 4.69) is 18.7 Å². The Morgan fingerprint density at radius 3 is 2.00 bits per heavy atom. The van der Waals surface area contributed by atoms with E-state index in [0.29, 0.717) is 34.2 Å². The molecule has 0 saturated carbocycles. The molecule has 0 aliphatic heterocycles. The molecule has 44 heavy (non-hydrogen) atoms. The highest BCUT2D eigenvalue weighted by molar-refractivity contribution is 6.33. The Morgan fingerprint density at radius 1 is 0.591 bits per heavy atom. The largest absolute Gasteiger partial charge is 0.456 e. The summed E-state index contributed by atoms with van der Waals surface area (Å²) in [6.45, 7) is 6.18. The van der Waals surface area contributed by atoms with Gasteiger partial charge in [-0.15, -0.1) is 0 Å². The summed E-state index contributed by atoms with van der Waals surface area (Å²) in [4.78, 5) is 14.8. The molecule has 6 nitrogen and oxygen atoms in total. The summed E-state index contributed by atoms with van der Waals surface area (Å²) in [5.41, 5.74) is 6.91. The van der Waals surface area contributed by atoms with Crippen LogP contribution in [0.5, 0.6) is 0 Å². The standard InChI is InChI=1S/C38H23N3O3/c1-3-11-21(2)36-39-37(22-12-5-4-6-13-22)41-38(40-36)25-20-30-34(35-31(25)23-14-7-10-17-27(23)44-35)33-29(43-30)19-18-28-32(33)24-15-8-9-16-26(24)42-28/h3-20H,2H2,1H3/b11-3-. The first kappa shape index (κ1) is 24.6. The van der Waals surface area contributed by atoms with Crippen LogP contribution < -0.4 is 0 Å². The first-order chi connectivity index (χ1) is 21.7. The summed E-state index contributed by atoms with van der Waals surface area (Å²) >= 11 is 0. The first-order valence-corrected chi connectivity index (χ1v) is 14.4. The molecule has 0 saturated heterocycles. The number of hydrogen-bond acceptors (Lipinski definition) is 6. The third-order valence-electron chi connectivity index (χ3n) is 8.15. The highest BCUT2D eigenvalue weighted by Crippen LogP contribution is 2.47. The summed E-state index contributed by atoms with van der Waals surface area (Å²) in [7, 11) is 0. The second-order valence-corrected chi connectivity index (χ2v) is 10.8. The molecular weight excluding hydrogens is 546 g/mol. The maximum absolute atomic E-state index is 6.67. The molecule has 0 bridgehead atoms. The van der Waals surface area contributed by atoms with Gasteiger partial charge in [0.25, 0.3) is 0 Å². The van der Waals surface area contributed by atoms with Crippen LogP contribution in [0.1, 0.15) is 12.7 Å². The van der Waals surface area contributed by atoms with Gasteiger partial charge in [-0.25, -0.2) is 15.0 Å². The molecule has 0 aliphatic carbocycles. The Morgan fingerprint density at radius 2 is 1.23 bits per heavy atom. The van der Waals surface area contributed by atoms with Crippen molar-refractivity contribution < 1.29 is 13.3 Å². The van der Waals surface area contributed by atoms with Gasteiger partial charge in [-0.3, -0.25) is 0 Å². The number of rotatable bonds is 4. The van der Waals surface area contributed by atoms with E-state index in [0.717, 1.165) is 65.8 Å². The van der Waals surface area contributed by atoms with Crippen LogP contribution in [0.25, 0.3) is 94.2 Å². The van der Waals surface area contributed by atoms with Crippen LogP contribution in [0.2, 0.25) is 0 Å². The monoisotopic (exact) mass is 569 g/mol. The predicted molar refractivity (Wildman–Crippen MR) is 176 cm³/mol. The van der Waals surface area contributed by atoms with Gasteiger partial charge in [0, 0.05) is 43.6 Å². The van der Waals surface area contributed by atoms with Gasteiger partial charge >= 0.3 is 0 Å². The third kappa shape index (κ3) is 3.51. The van der Waals surface area contributed by atoms with E-state index < -0.39 is 0 Å². The van der Waals surface area contributed by atoms with Crippen molar-refractivity contribution in [1.82, 2.24) is 15.0 Å². The zero-order valence-corrected chi connectivity index (χ0v) is 23.7. The van der Waals surface area contributed by atoms with E-state index in [4.69, 9.17) is 28.2 Å². The van der Waals surface area contributed by atoms with Crippen molar-refractivity contribution in [2.24, 2.45) is 0 Å². The molecule has 0 atom stereocenters. The van der Waals surface area contributed by atoms with Crippen molar-refractivity contribution in [1.29, 1.82) is 0 Å². The molecule has 4 aromatic heterocycles. The van der Waals surface area contributed by atoms with Crippen LogP contribution in [0.3, 0.4) is 0 Å². The van der Waals surface area contributed by atoms with E-state index >= 15 is 0 Å². The minimum atomic E-state index is 0.504. The molecule has 208 valence electrons. The summed E-state index contributed by atoms with van der Waals surface area (Å²) in [5, 5.41) is 5.76. The fourth-order valence-electron chi connectivity index (χ4n) is 6.25. The molecule has 0 unspecified atom stereocenters. The Kier molecular flexibility index (Phi) is 5.16. The van der Waals surface area contributed by atoms with Gasteiger partial charge in [-0.2, -0.15) is 0 Å². The molecule has 5 aromatic carbocycles. The predicted octanol–water partition coefficient (Wildman–Crippen LogP) is 10.5. The molecule has 0 spiro atoms. The zero-order chi connectivity index (χ0) is 29.4. The second kappa shape index (κ2) is 9.24. The highest BCUT2D eigenvalue weighted by Gasteiger charge is 2.25. The van der Waals surface area contributed by atoms with Gasteiger partial charge in [0.1, 0.15) is 33.5 Å². The Labute approximate surface area is 250 Å². The van der Waals surface area contributed by atoms with Crippen molar-refractivity contribution >= 4 is 71.4 Å². The number of benzene rings is 5. The zero-order valence-electron chi connectivity index (χ0n) is 23.7. The van der Waals surface area contributed by atoms with Gasteiger partial charge in [0.05, 0.1) is 5.39 Å². The Bertz CT molecular complexity index is 2640. The Hall–Kier alpha value is -6.01. The van der Waals surface area contributed by atoms with Gasteiger partial charge in [0.2, 0.25) is 0 Å². The summed E-state index contributed by atoms with van der Waals surface area (Å²) in [5.74, 6) is 1.58. The third-order valence-corrected chi connectivity index (χ3v) is 8.15. The maximum Gasteiger partial charge on any atom is 0.165 e. The van der Waals surface area contributed by atoms with Gasteiger partial charge in [-0.05, 0) is 37.3 Å². The van der Waals surface area contributed by atoms with Crippen LogP contribution in [0.15, 0.2) is 129 Å². The number of allylic oxidation sites excluding steroid dienone is 3. The molecule has 0 fully saturated rings. The molecule has 4 heterocycles. The summed E-state index contributed by atoms with van der Waals surface area (Å²) in [6, 6.07) is 32.0. The highest BCUT2D eigenvalue weighted by atomic mass is 16.3. The Balaban J connectivity index is 1.44.